The molecule has 0 bridgehead atoms. The Morgan fingerprint density at radius 1 is 0.917 bits per heavy atom. The molecule has 0 spiro atoms. The smallest absolute Gasteiger partial charge is 0.236 e. The van der Waals surface area contributed by atoms with Crippen molar-refractivity contribution < 1.29 is 23.9 Å². The lowest BCUT2D eigenvalue weighted by Gasteiger charge is -2.37. The van der Waals surface area contributed by atoms with Crippen molar-refractivity contribution in [3.05, 3.63) is 65.4 Å². The zero-order valence-electron chi connectivity index (χ0n) is 20.6. The highest BCUT2D eigenvalue weighted by Gasteiger charge is 2.65. The Hall–Kier alpha value is -3.61. The van der Waals surface area contributed by atoms with Crippen LogP contribution in [0, 0.1) is 11.8 Å². The van der Waals surface area contributed by atoms with E-state index in [1.165, 1.54) is 12.0 Å². The average Bonchev–Trinajstić information content (AvgIpc) is 3.40. The third kappa shape index (κ3) is 3.29. The summed E-state index contributed by atoms with van der Waals surface area (Å²) in [5.41, 5.74) is 2.35. The molecule has 1 saturated carbocycles. The quantitative estimate of drug-likeness (QED) is 0.465. The Labute approximate surface area is 210 Å². The maximum absolute atomic E-state index is 14.2. The summed E-state index contributed by atoms with van der Waals surface area (Å²) in [5.74, 6) is -0.980. The van der Waals surface area contributed by atoms with E-state index in [9.17, 15) is 14.4 Å². The lowest BCUT2D eigenvalue weighted by Crippen LogP contribution is -2.47. The number of carbonyl (C=O) groups excluding carboxylic acids is 3. The van der Waals surface area contributed by atoms with Gasteiger partial charge in [0.1, 0.15) is 17.5 Å². The summed E-state index contributed by atoms with van der Waals surface area (Å²) < 4.78 is 10.9. The van der Waals surface area contributed by atoms with Gasteiger partial charge in [0.15, 0.2) is 5.78 Å². The van der Waals surface area contributed by atoms with Gasteiger partial charge in [0, 0.05) is 12.2 Å². The molecule has 36 heavy (non-hydrogen) atoms. The topological polar surface area (TPSA) is 76.1 Å². The molecule has 3 fully saturated rings. The van der Waals surface area contributed by atoms with Gasteiger partial charge in [0.25, 0.3) is 0 Å². The SMILES string of the molecule is COc1ccc(OC)c(C(=O)[C@H]2[C@H]3C(=O)N(C4CCCCC4)C(=O)[C@@H]3[C@H]3c4ccccc4C=CN32)c1. The third-order valence-electron chi connectivity index (χ3n) is 8.38. The van der Waals surface area contributed by atoms with Crippen molar-refractivity contribution in [3.63, 3.8) is 0 Å². The molecule has 7 heteroatoms. The third-order valence-corrected chi connectivity index (χ3v) is 8.38. The first-order valence-electron chi connectivity index (χ1n) is 12.7. The number of imide groups is 1. The van der Waals surface area contributed by atoms with Gasteiger partial charge in [-0.15, -0.1) is 0 Å². The van der Waals surface area contributed by atoms with Crippen molar-refractivity contribution in [2.24, 2.45) is 11.8 Å². The highest BCUT2D eigenvalue weighted by atomic mass is 16.5. The van der Waals surface area contributed by atoms with Crippen LogP contribution in [-0.2, 0) is 9.59 Å². The first-order chi connectivity index (χ1) is 17.5. The molecule has 0 aromatic heterocycles. The van der Waals surface area contributed by atoms with Gasteiger partial charge in [-0.1, -0.05) is 43.5 Å². The van der Waals surface area contributed by atoms with Crippen LogP contribution in [0.3, 0.4) is 0 Å². The van der Waals surface area contributed by atoms with E-state index < -0.39 is 17.9 Å². The lowest BCUT2D eigenvalue weighted by atomic mass is 9.83. The second kappa shape index (κ2) is 8.80. The minimum atomic E-state index is -0.810. The van der Waals surface area contributed by atoms with Gasteiger partial charge in [-0.05, 0) is 48.2 Å². The van der Waals surface area contributed by atoms with Crippen LogP contribution < -0.4 is 9.47 Å². The predicted molar refractivity (Wildman–Crippen MR) is 133 cm³/mol. The molecule has 3 heterocycles. The van der Waals surface area contributed by atoms with Crippen molar-refractivity contribution in [2.75, 3.05) is 14.2 Å². The van der Waals surface area contributed by atoms with Crippen LogP contribution in [0.25, 0.3) is 6.08 Å². The number of hydrogen-bond acceptors (Lipinski definition) is 6. The second-order valence-corrected chi connectivity index (χ2v) is 10.1. The highest BCUT2D eigenvalue weighted by molar-refractivity contribution is 6.13. The van der Waals surface area contributed by atoms with E-state index in [0.29, 0.717) is 17.1 Å². The molecular formula is C29H30N2O5. The van der Waals surface area contributed by atoms with Crippen molar-refractivity contribution in [3.8, 4) is 11.5 Å². The number of rotatable bonds is 5. The van der Waals surface area contributed by atoms with E-state index in [-0.39, 0.29) is 29.7 Å². The van der Waals surface area contributed by atoms with Crippen molar-refractivity contribution in [1.82, 2.24) is 9.80 Å². The minimum absolute atomic E-state index is 0.0747. The van der Waals surface area contributed by atoms with Gasteiger partial charge < -0.3 is 14.4 Å². The Morgan fingerprint density at radius 3 is 2.42 bits per heavy atom. The van der Waals surface area contributed by atoms with E-state index >= 15 is 0 Å². The number of ketones is 1. The molecule has 2 aromatic rings. The van der Waals surface area contributed by atoms with Crippen molar-refractivity contribution in [1.29, 1.82) is 0 Å². The summed E-state index contributed by atoms with van der Waals surface area (Å²) in [6, 6.07) is 11.8. The first-order valence-corrected chi connectivity index (χ1v) is 12.7. The largest absolute Gasteiger partial charge is 0.497 e. The highest BCUT2D eigenvalue weighted by Crippen LogP contribution is 2.54. The van der Waals surface area contributed by atoms with E-state index in [0.717, 1.165) is 43.2 Å². The van der Waals surface area contributed by atoms with Crippen LogP contribution in [0.4, 0.5) is 0 Å². The maximum Gasteiger partial charge on any atom is 0.236 e. The minimum Gasteiger partial charge on any atom is -0.497 e. The lowest BCUT2D eigenvalue weighted by molar-refractivity contribution is -0.144. The maximum atomic E-state index is 14.2. The Balaban J connectivity index is 1.48. The number of likely N-dealkylation sites (tertiary alicyclic amines) is 1. The zero-order chi connectivity index (χ0) is 25.0. The van der Waals surface area contributed by atoms with Gasteiger partial charge in [0.05, 0.1) is 37.7 Å². The van der Waals surface area contributed by atoms with Crippen LogP contribution in [0.2, 0.25) is 0 Å². The van der Waals surface area contributed by atoms with E-state index in [4.69, 9.17) is 9.47 Å². The zero-order valence-corrected chi connectivity index (χ0v) is 20.6. The van der Waals surface area contributed by atoms with Gasteiger partial charge in [-0.2, -0.15) is 0 Å². The number of hydrogen-bond donors (Lipinski definition) is 0. The number of benzene rings is 2. The molecule has 1 aliphatic carbocycles. The van der Waals surface area contributed by atoms with Gasteiger partial charge >= 0.3 is 0 Å². The normalized spacial score (nSPS) is 27.1. The number of methoxy groups -OCH3 is 2. The molecule has 2 saturated heterocycles. The van der Waals surface area contributed by atoms with Crippen LogP contribution in [0.1, 0.15) is 59.6 Å². The first kappa shape index (κ1) is 22.8. The molecule has 186 valence electrons. The fourth-order valence-corrected chi connectivity index (χ4v) is 6.75. The molecular weight excluding hydrogens is 456 g/mol. The number of amides is 2. The number of ether oxygens (including phenoxy) is 2. The summed E-state index contributed by atoms with van der Waals surface area (Å²) in [6.07, 6.45) is 8.68. The standard InChI is InChI=1S/C29H30N2O5/c1-35-19-12-13-22(36-2)21(16-19)27(32)26-24-23(25-20-11-7-6-8-17(20)14-15-30(25)26)28(33)31(29(24)34)18-9-4-3-5-10-18/h6-8,11-16,18,23-26H,3-5,9-10H2,1-2H3/t23-,24-,25+,26+/m0/s1. The van der Waals surface area contributed by atoms with Crippen LogP contribution in [0.5, 0.6) is 11.5 Å². The van der Waals surface area contributed by atoms with Gasteiger partial charge in [-0.25, -0.2) is 0 Å². The Morgan fingerprint density at radius 2 is 1.67 bits per heavy atom. The number of nitrogens with zero attached hydrogens (tertiary/aromatic N) is 2. The molecule has 7 nitrogen and oxygen atoms in total. The summed E-state index contributed by atoms with van der Waals surface area (Å²) >= 11 is 0. The molecule has 0 N–H and O–H groups in total. The monoisotopic (exact) mass is 486 g/mol. The van der Waals surface area contributed by atoms with E-state index in [2.05, 4.69) is 0 Å². The molecule has 4 atom stereocenters. The van der Waals surface area contributed by atoms with Gasteiger partial charge in [-0.3, -0.25) is 19.3 Å². The van der Waals surface area contributed by atoms with Crippen LogP contribution >= 0.6 is 0 Å². The fraction of sp³-hybridized carbons (Fsp3) is 0.414. The van der Waals surface area contributed by atoms with Crippen LogP contribution in [-0.4, -0.2) is 53.7 Å². The van der Waals surface area contributed by atoms with Crippen LogP contribution in [0.15, 0.2) is 48.7 Å². The molecule has 2 aromatic carbocycles. The predicted octanol–water partition coefficient (Wildman–Crippen LogP) is 4.23. The number of carbonyl (C=O) groups is 3. The molecule has 0 unspecified atom stereocenters. The second-order valence-electron chi connectivity index (χ2n) is 10.1. The number of Topliss-reactive ketones (excluding diaryl/α,β-unsaturated/α-hetero) is 1. The van der Waals surface area contributed by atoms with Crippen molar-refractivity contribution >= 4 is 23.7 Å². The van der Waals surface area contributed by atoms with Gasteiger partial charge in [0.2, 0.25) is 11.8 Å². The Bertz CT molecular complexity index is 1260. The molecule has 6 rings (SSSR count). The molecule has 2 amide bonds. The fourth-order valence-electron chi connectivity index (χ4n) is 6.75. The van der Waals surface area contributed by atoms with E-state index in [1.807, 2.05) is 41.4 Å². The summed E-state index contributed by atoms with van der Waals surface area (Å²) in [7, 11) is 3.06. The summed E-state index contributed by atoms with van der Waals surface area (Å²) in [5, 5.41) is 0. The Kier molecular flexibility index (Phi) is 5.58. The van der Waals surface area contributed by atoms with Crippen molar-refractivity contribution in [2.45, 2.75) is 50.2 Å². The average molecular weight is 487 g/mol. The summed E-state index contributed by atoms with van der Waals surface area (Å²) in [4.78, 5) is 45.7. The number of fused-ring (bicyclic) bond motifs is 5. The molecule has 4 aliphatic rings. The summed E-state index contributed by atoms with van der Waals surface area (Å²) in [6.45, 7) is 0. The van der Waals surface area contributed by atoms with E-state index in [1.54, 1.807) is 25.3 Å². The molecule has 0 radical (unpaired) electrons. The molecule has 3 aliphatic heterocycles.